The Kier molecular flexibility index (Phi) is 4.66. The molecule has 0 aliphatic carbocycles. The Morgan fingerprint density at radius 3 is 2.31 bits per heavy atom. The smallest absolute Gasteiger partial charge is 0.338 e. The Hall–Kier alpha value is -3.48. The number of rotatable bonds is 2. The van der Waals surface area contributed by atoms with Crippen LogP contribution in [0.1, 0.15) is 22.3 Å². The van der Waals surface area contributed by atoms with E-state index in [1.807, 2.05) is 19.1 Å². The number of fused-ring (bicyclic) bond motifs is 1. The summed E-state index contributed by atoms with van der Waals surface area (Å²) in [4.78, 5) is 9.03. The van der Waals surface area contributed by atoms with Crippen molar-refractivity contribution in [3.8, 4) is 0 Å². The van der Waals surface area contributed by atoms with E-state index in [4.69, 9.17) is 0 Å². The summed E-state index contributed by atoms with van der Waals surface area (Å²) in [6, 6.07) is 16.1. The third-order valence-electron chi connectivity index (χ3n) is 4.41. The van der Waals surface area contributed by atoms with Crippen molar-refractivity contribution in [3.63, 3.8) is 0 Å². The van der Waals surface area contributed by atoms with Gasteiger partial charge in [-0.05, 0) is 61.0 Å². The summed E-state index contributed by atoms with van der Waals surface area (Å²) < 4.78 is 52.8. The molecule has 1 heterocycles. The first-order valence-electron chi connectivity index (χ1n) is 8.78. The Morgan fingerprint density at radius 1 is 0.828 bits per heavy atom. The standard InChI is InChI=1S/C22H15F4N3/c1-13-5-10-18-19(11-13)28-21(15-3-2-4-16(12-15)22(24,25)26)29-20(27-18)14-6-8-17(23)9-7-14/h2-12H,1H3,(H,27,28,29). The molecule has 1 N–H and O–H groups in total. The van der Waals surface area contributed by atoms with Crippen molar-refractivity contribution >= 4 is 23.0 Å². The number of hydrogen-bond acceptors (Lipinski definition) is 3. The van der Waals surface area contributed by atoms with E-state index in [0.29, 0.717) is 16.9 Å². The molecule has 1 aliphatic heterocycles. The minimum Gasteiger partial charge on any atom is -0.338 e. The zero-order chi connectivity index (χ0) is 20.6. The number of nitrogens with zero attached hydrogens (tertiary/aromatic N) is 2. The van der Waals surface area contributed by atoms with E-state index in [1.165, 1.54) is 30.3 Å². The number of aryl methyl sites for hydroxylation is 1. The molecule has 0 fully saturated rings. The van der Waals surface area contributed by atoms with Crippen LogP contribution in [0.15, 0.2) is 76.7 Å². The molecule has 0 spiro atoms. The van der Waals surface area contributed by atoms with Crippen molar-refractivity contribution < 1.29 is 17.6 Å². The van der Waals surface area contributed by atoms with Crippen molar-refractivity contribution in [2.75, 3.05) is 5.32 Å². The van der Waals surface area contributed by atoms with Crippen molar-refractivity contribution in [1.82, 2.24) is 0 Å². The van der Waals surface area contributed by atoms with Crippen LogP contribution in [0.2, 0.25) is 0 Å². The van der Waals surface area contributed by atoms with Gasteiger partial charge >= 0.3 is 6.18 Å². The average Bonchev–Trinajstić information content (AvgIpc) is 2.87. The van der Waals surface area contributed by atoms with Gasteiger partial charge in [0.15, 0.2) is 5.84 Å². The summed E-state index contributed by atoms with van der Waals surface area (Å²) in [5.41, 5.74) is 2.21. The van der Waals surface area contributed by atoms with Crippen LogP contribution in [-0.2, 0) is 6.18 Å². The van der Waals surface area contributed by atoms with Gasteiger partial charge in [0.1, 0.15) is 11.7 Å². The highest BCUT2D eigenvalue weighted by atomic mass is 19.4. The van der Waals surface area contributed by atoms with E-state index >= 15 is 0 Å². The average molecular weight is 397 g/mol. The number of nitrogens with one attached hydrogen (secondary N) is 1. The topological polar surface area (TPSA) is 36.8 Å². The molecule has 0 atom stereocenters. The molecule has 146 valence electrons. The summed E-state index contributed by atoms with van der Waals surface area (Å²) >= 11 is 0. The number of aliphatic imine (C=N–C) groups is 2. The lowest BCUT2D eigenvalue weighted by molar-refractivity contribution is -0.137. The first-order chi connectivity index (χ1) is 13.8. The zero-order valence-corrected chi connectivity index (χ0v) is 15.3. The van der Waals surface area contributed by atoms with Crippen LogP contribution >= 0.6 is 0 Å². The fraction of sp³-hybridized carbons (Fsp3) is 0.0909. The van der Waals surface area contributed by atoms with E-state index < -0.39 is 17.6 Å². The quantitative estimate of drug-likeness (QED) is 0.521. The lowest BCUT2D eigenvalue weighted by atomic mass is 10.1. The van der Waals surface area contributed by atoms with Crippen LogP contribution in [0.25, 0.3) is 0 Å². The van der Waals surface area contributed by atoms with Gasteiger partial charge in [-0.15, -0.1) is 0 Å². The van der Waals surface area contributed by atoms with E-state index in [0.717, 1.165) is 17.7 Å². The van der Waals surface area contributed by atoms with Gasteiger partial charge in [-0.2, -0.15) is 13.2 Å². The van der Waals surface area contributed by atoms with Gasteiger partial charge in [0.2, 0.25) is 0 Å². The molecule has 0 saturated carbocycles. The number of anilines is 1. The maximum Gasteiger partial charge on any atom is 0.416 e. The molecular weight excluding hydrogens is 382 g/mol. The molecular formula is C22H15F4N3. The third kappa shape index (κ3) is 4.03. The van der Waals surface area contributed by atoms with Gasteiger partial charge < -0.3 is 5.32 Å². The molecule has 3 aromatic carbocycles. The number of benzene rings is 3. The summed E-state index contributed by atoms with van der Waals surface area (Å²) in [7, 11) is 0. The lowest BCUT2D eigenvalue weighted by Gasteiger charge is -2.12. The van der Waals surface area contributed by atoms with Crippen molar-refractivity contribution in [3.05, 3.63) is 94.8 Å². The SMILES string of the molecule is Cc1ccc2c(c1)NC(c1cccc(C(F)(F)F)c1)=NC(c1ccc(F)cc1)=N2. The predicted molar refractivity (Wildman–Crippen MR) is 105 cm³/mol. The summed E-state index contributed by atoms with van der Waals surface area (Å²) in [6.45, 7) is 1.90. The number of amidine groups is 2. The first-order valence-corrected chi connectivity index (χ1v) is 8.78. The molecule has 1 aliphatic rings. The summed E-state index contributed by atoms with van der Waals surface area (Å²) in [5, 5.41) is 3.10. The molecule has 7 heteroatoms. The Labute approximate surface area is 164 Å². The van der Waals surface area contributed by atoms with Gasteiger partial charge in [0.05, 0.1) is 16.9 Å². The molecule has 29 heavy (non-hydrogen) atoms. The minimum atomic E-state index is -4.47. The van der Waals surface area contributed by atoms with Crippen molar-refractivity contribution in [2.24, 2.45) is 9.98 Å². The minimum absolute atomic E-state index is 0.225. The lowest BCUT2D eigenvalue weighted by Crippen LogP contribution is -2.16. The fourth-order valence-corrected chi connectivity index (χ4v) is 2.96. The summed E-state index contributed by atoms with van der Waals surface area (Å²) in [6.07, 6.45) is -4.47. The largest absolute Gasteiger partial charge is 0.416 e. The maximum absolute atomic E-state index is 13.3. The van der Waals surface area contributed by atoms with Crippen LogP contribution in [0, 0.1) is 12.7 Å². The molecule has 0 unspecified atom stereocenters. The molecule has 0 amide bonds. The normalized spacial score (nSPS) is 13.7. The second-order valence-electron chi connectivity index (χ2n) is 6.63. The van der Waals surface area contributed by atoms with Crippen LogP contribution in [-0.4, -0.2) is 11.7 Å². The van der Waals surface area contributed by atoms with Crippen LogP contribution in [0.3, 0.4) is 0 Å². The van der Waals surface area contributed by atoms with Gasteiger partial charge in [-0.3, -0.25) is 0 Å². The van der Waals surface area contributed by atoms with Crippen molar-refractivity contribution in [1.29, 1.82) is 0 Å². The van der Waals surface area contributed by atoms with E-state index in [2.05, 4.69) is 15.3 Å². The molecule has 0 bridgehead atoms. The molecule has 0 saturated heterocycles. The monoisotopic (exact) mass is 397 g/mol. The Bertz CT molecular complexity index is 1130. The second kappa shape index (κ2) is 7.16. The Morgan fingerprint density at radius 2 is 1.59 bits per heavy atom. The zero-order valence-electron chi connectivity index (χ0n) is 15.3. The Balaban J connectivity index is 1.87. The molecule has 3 aromatic rings. The van der Waals surface area contributed by atoms with Crippen LogP contribution in [0.5, 0.6) is 0 Å². The van der Waals surface area contributed by atoms with E-state index in [1.54, 1.807) is 12.1 Å². The van der Waals surface area contributed by atoms with Gasteiger partial charge in [-0.25, -0.2) is 14.4 Å². The van der Waals surface area contributed by atoms with Gasteiger partial charge in [-0.1, -0.05) is 18.2 Å². The summed E-state index contributed by atoms with van der Waals surface area (Å²) in [5.74, 6) is 0.0928. The van der Waals surface area contributed by atoms with E-state index in [9.17, 15) is 17.6 Å². The van der Waals surface area contributed by atoms with Crippen LogP contribution < -0.4 is 5.32 Å². The fourth-order valence-electron chi connectivity index (χ4n) is 2.96. The highest BCUT2D eigenvalue weighted by Crippen LogP contribution is 2.32. The second-order valence-corrected chi connectivity index (χ2v) is 6.63. The molecule has 3 nitrogen and oxygen atoms in total. The number of halogens is 4. The highest BCUT2D eigenvalue weighted by Gasteiger charge is 2.31. The molecule has 0 radical (unpaired) electrons. The van der Waals surface area contributed by atoms with Gasteiger partial charge in [0.25, 0.3) is 0 Å². The number of alkyl halides is 3. The molecule has 4 rings (SSSR count). The molecule has 0 aromatic heterocycles. The highest BCUT2D eigenvalue weighted by molar-refractivity contribution is 6.19. The number of hydrogen-bond donors (Lipinski definition) is 1. The van der Waals surface area contributed by atoms with Crippen LogP contribution in [0.4, 0.5) is 28.9 Å². The maximum atomic E-state index is 13.3. The third-order valence-corrected chi connectivity index (χ3v) is 4.41. The predicted octanol–water partition coefficient (Wildman–Crippen LogP) is 6.10. The first kappa shape index (κ1) is 18.9. The van der Waals surface area contributed by atoms with Gasteiger partial charge in [0, 0.05) is 11.1 Å². The van der Waals surface area contributed by atoms with Crippen molar-refractivity contribution in [2.45, 2.75) is 13.1 Å². The van der Waals surface area contributed by atoms with E-state index in [-0.39, 0.29) is 17.2 Å².